The first-order chi connectivity index (χ1) is 11.1. The number of aromatic nitrogens is 3. The molecule has 118 valence electrons. The Balaban J connectivity index is 1.84. The standard InChI is InChI=1S/C15H13N3O5/c1-21-14(19)12-6-10-5-9(3-4-11(10)23-12)7-18-8-16-13(17-18)15(20)22-2/h3-6,8H,7H2,1-2H3. The number of nitrogens with zero attached hydrogens (tertiary/aromatic N) is 3. The van der Waals surface area contributed by atoms with Crippen LogP contribution in [0.3, 0.4) is 0 Å². The van der Waals surface area contributed by atoms with Crippen molar-refractivity contribution in [2.75, 3.05) is 14.2 Å². The van der Waals surface area contributed by atoms with Crippen molar-refractivity contribution in [1.29, 1.82) is 0 Å². The van der Waals surface area contributed by atoms with Crippen LogP contribution in [0.4, 0.5) is 0 Å². The molecule has 0 radical (unpaired) electrons. The van der Waals surface area contributed by atoms with Crippen LogP contribution >= 0.6 is 0 Å². The molecule has 0 fully saturated rings. The van der Waals surface area contributed by atoms with E-state index in [1.54, 1.807) is 12.1 Å². The lowest BCUT2D eigenvalue weighted by molar-refractivity contribution is 0.0564. The van der Waals surface area contributed by atoms with Crippen molar-refractivity contribution in [2.24, 2.45) is 0 Å². The van der Waals surface area contributed by atoms with E-state index in [2.05, 4.69) is 19.6 Å². The summed E-state index contributed by atoms with van der Waals surface area (Å²) in [6.07, 6.45) is 1.45. The number of benzene rings is 1. The molecule has 0 spiro atoms. The molecule has 0 aliphatic rings. The molecule has 2 heterocycles. The molecular weight excluding hydrogens is 302 g/mol. The Hall–Kier alpha value is -3.16. The summed E-state index contributed by atoms with van der Waals surface area (Å²) in [4.78, 5) is 26.7. The fourth-order valence-electron chi connectivity index (χ4n) is 2.14. The van der Waals surface area contributed by atoms with Gasteiger partial charge in [-0.25, -0.2) is 19.3 Å². The van der Waals surface area contributed by atoms with Crippen molar-refractivity contribution in [2.45, 2.75) is 6.54 Å². The zero-order valence-corrected chi connectivity index (χ0v) is 12.5. The Labute approximate surface area is 130 Å². The molecule has 1 aromatic carbocycles. The van der Waals surface area contributed by atoms with Crippen LogP contribution in [0.2, 0.25) is 0 Å². The maximum Gasteiger partial charge on any atom is 0.377 e. The number of carbonyl (C=O) groups is 2. The molecule has 0 N–H and O–H groups in total. The summed E-state index contributed by atoms with van der Waals surface area (Å²) in [7, 11) is 2.57. The van der Waals surface area contributed by atoms with Crippen molar-refractivity contribution in [3.63, 3.8) is 0 Å². The predicted molar refractivity (Wildman–Crippen MR) is 78.0 cm³/mol. The van der Waals surface area contributed by atoms with E-state index in [4.69, 9.17) is 4.42 Å². The van der Waals surface area contributed by atoms with E-state index in [1.165, 1.54) is 25.2 Å². The fraction of sp³-hybridized carbons (Fsp3) is 0.200. The van der Waals surface area contributed by atoms with Crippen LogP contribution in [0.15, 0.2) is 35.0 Å². The van der Waals surface area contributed by atoms with Crippen LogP contribution in [0.5, 0.6) is 0 Å². The molecule has 23 heavy (non-hydrogen) atoms. The van der Waals surface area contributed by atoms with Crippen LogP contribution in [0.25, 0.3) is 11.0 Å². The second kappa shape index (κ2) is 5.91. The monoisotopic (exact) mass is 315 g/mol. The molecule has 0 unspecified atom stereocenters. The van der Waals surface area contributed by atoms with Gasteiger partial charge in [0.05, 0.1) is 20.8 Å². The Morgan fingerprint density at radius 3 is 2.70 bits per heavy atom. The molecule has 0 saturated heterocycles. The van der Waals surface area contributed by atoms with E-state index in [0.29, 0.717) is 12.1 Å². The first-order valence-electron chi connectivity index (χ1n) is 6.69. The molecule has 0 aliphatic carbocycles. The summed E-state index contributed by atoms with van der Waals surface area (Å²) < 4.78 is 16.1. The number of esters is 2. The maximum atomic E-state index is 11.5. The maximum absolute atomic E-state index is 11.5. The molecule has 8 nitrogen and oxygen atoms in total. The van der Waals surface area contributed by atoms with Gasteiger partial charge in [-0.2, -0.15) is 0 Å². The average Bonchev–Trinajstić information content (AvgIpc) is 3.19. The molecule has 0 atom stereocenters. The van der Waals surface area contributed by atoms with Crippen molar-refractivity contribution in [3.8, 4) is 0 Å². The molecule has 0 aliphatic heterocycles. The minimum absolute atomic E-state index is 0.00451. The summed E-state index contributed by atoms with van der Waals surface area (Å²) in [5.74, 6) is -0.961. The highest BCUT2D eigenvalue weighted by atomic mass is 16.5. The van der Waals surface area contributed by atoms with E-state index in [-0.39, 0.29) is 11.6 Å². The van der Waals surface area contributed by atoms with Gasteiger partial charge in [0.15, 0.2) is 0 Å². The van der Waals surface area contributed by atoms with E-state index >= 15 is 0 Å². The van der Waals surface area contributed by atoms with Crippen LogP contribution in [0.1, 0.15) is 26.7 Å². The third-order valence-electron chi connectivity index (χ3n) is 3.22. The number of fused-ring (bicyclic) bond motifs is 1. The number of rotatable bonds is 4. The number of hydrogen-bond donors (Lipinski definition) is 0. The van der Waals surface area contributed by atoms with Gasteiger partial charge in [0, 0.05) is 5.39 Å². The van der Waals surface area contributed by atoms with Crippen LogP contribution in [-0.2, 0) is 16.0 Å². The zero-order chi connectivity index (χ0) is 16.4. The number of furan rings is 1. The number of hydrogen-bond acceptors (Lipinski definition) is 7. The lowest BCUT2D eigenvalue weighted by atomic mass is 10.1. The van der Waals surface area contributed by atoms with Gasteiger partial charge in [-0.05, 0) is 23.8 Å². The topological polar surface area (TPSA) is 96.5 Å². The smallest absolute Gasteiger partial charge is 0.377 e. The van der Waals surface area contributed by atoms with E-state index < -0.39 is 11.9 Å². The Morgan fingerprint density at radius 1 is 1.17 bits per heavy atom. The lowest BCUT2D eigenvalue weighted by Crippen LogP contribution is -2.06. The second-order valence-electron chi connectivity index (χ2n) is 4.73. The first-order valence-corrected chi connectivity index (χ1v) is 6.69. The molecule has 0 bridgehead atoms. The largest absolute Gasteiger partial charge is 0.463 e. The van der Waals surface area contributed by atoms with Crippen molar-refractivity contribution in [1.82, 2.24) is 14.8 Å². The number of carbonyl (C=O) groups excluding carboxylic acids is 2. The minimum Gasteiger partial charge on any atom is -0.463 e. The summed E-state index contributed by atoms with van der Waals surface area (Å²) in [5.41, 5.74) is 1.50. The summed E-state index contributed by atoms with van der Waals surface area (Å²) in [5, 5.41) is 4.81. The highest BCUT2D eigenvalue weighted by Gasteiger charge is 2.14. The molecule has 0 amide bonds. The second-order valence-corrected chi connectivity index (χ2v) is 4.73. The third kappa shape index (κ3) is 2.91. The molecule has 8 heteroatoms. The van der Waals surface area contributed by atoms with E-state index in [1.807, 2.05) is 12.1 Å². The van der Waals surface area contributed by atoms with Crippen molar-refractivity contribution >= 4 is 22.9 Å². The van der Waals surface area contributed by atoms with E-state index in [0.717, 1.165) is 10.9 Å². The zero-order valence-electron chi connectivity index (χ0n) is 12.5. The molecule has 3 rings (SSSR count). The molecular formula is C15H13N3O5. The third-order valence-corrected chi connectivity index (χ3v) is 3.22. The van der Waals surface area contributed by atoms with Crippen LogP contribution in [-0.4, -0.2) is 40.9 Å². The lowest BCUT2D eigenvalue weighted by Gasteiger charge is -2.00. The number of ether oxygens (including phenoxy) is 2. The summed E-state index contributed by atoms with van der Waals surface area (Å²) in [6, 6.07) is 7.08. The molecule has 3 aromatic rings. The number of methoxy groups -OCH3 is 2. The Morgan fingerprint density at radius 2 is 1.96 bits per heavy atom. The fourth-order valence-corrected chi connectivity index (χ4v) is 2.14. The van der Waals surface area contributed by atoms with Gasteiger partial charge < -0.3 is 13.9 Å². The van der Waals surface area contributed by atoms with Gasteiger partial charge in [0.25, 0.3) is 5.82 Å². The van der Waals surface area contributed by atoms with Crippen LogP contribution < -0.4 is 0 Å². The Bertz CT molecular complexity index is 880. The van der Waals surface area contributed by atoms with Gasteiger partial charge in [-0.1, -0.05) is 6.07 Å². The quantitative estimate of drug-likeness (QED) is 0.675. The minimum atomic E-state index is -0.586. The van der Waals surface area contributed by atoms with Gasteiger partial charge in [0.1, 0.15) is 11.9 Å². The van der Waals surface area contributed by atoms with Gasteiger partial charge in [-0.15, -0.1) is 5.10 Å². The summed E-state index contributed by atoms with van der Waals surface area (Å²) >= 11 is 0. The molecule has 2 aromatic heterocycles. The summed E-state index contributed by atoms with van der Waals surface area (Å²) in [6.45, 7) is 0.415. The van der Waals surface area contributed by atoms with Gasteiger partial charge >= 0.3 is 11.9 Å². The SMILES string of the molecule is COC(=O)c1ncn(Cc2ccc3oc(C(=O)OC)cc3c2)n1. The highest BCUT2D eigenvalue weighted by molar-refractivity contribution is 5.92. The normalized spacial score (nSPS) is 10.7. The van der Waals surface area contributed by atoms with E-state index in [9.17, 15) is 9.59 Å². The highest BCUT2D eigenvalue weighted by Crippen LogP contribution is 2.21. The van der Waals surface area contributed by atoms with Crippen molar-refractivity contribution < 1.29 is 23.5 Å². The van der Waals surface area contributed by atoms with Gasteiger partial charge in [0.2, 0.25) is 5.76 Å². The molecule has 0 saturated carbocycles. The van der Waals surface area contributed by atoms with Crippen molar-refractivity contribution in [3.05, 3.63) is 47.7 Å². The van der Waals surface area contributed by atoms with Crippen LogP contribution in [0, 0.1) is 0 Å². The Kier molecular flexibility index (Phi) is 3.80. The predicted octanol–water partition coefficient (Wildman–Crippen LogP) is 1.65. The average molecular weight is 315 g/mol. The first kappa shape index (κ1) is 14.8. The van der Waals surface area contributed by atoms with Gasteiger partial charge in [-0.3, -0.25) is 0 Å².